The Balaban J connectivity index is 1.66. The highest BCUT2D eigenvalue weighted by Crippen LogP contribution is 2.29. The molecule has 1 fully saturated rings. The van der Waals surface area contributed by atoms with Gasteiger partial charge in [0, 0.05) is 18.5 Å². The van der Waals surface area contributed by atoms with E-state index in [1.165, 1.54) is 13.2 Å². The summed E-state index contributed by atoms with van der Waals surface area (Å²) < 4.78 is 24.6. The summed E-state index contributed by atoms with van der Waals surface area (Å²) in [4.78, 5) is 12.1. The van der Waals surface area contributed by atoms with Crippen molar-refractivity contribution >= 4 is 6.09 Å². The molecule has 0 aliphatic carbocycles. The fraction of sp³-hybridized carbons (Fsp3) is 0.316. The van der Waals surface area contributed by atoms with E-state index in [0.717, 1.165) is 5.56 Å². The highest BCUT2D eigenvalue weighted by molar-refractivity contribution is 5.68. The van der Waals surface area contributed by atoms with E-state index in [1.807, 2.05) is 30.3 Å². The van der Waals surface area contributed by atoms with Crippen molar-refractivity contribution in [3.8, 4) is 5.75 Å². The molecule has 0 radical (unpaired) electrons. The van der Waals surface area contributed by atoms with Gasteiger partial charge in [0.1, 0.15) is 24.4 Å². The molecule has 2 aromatic rings. The van der Waals surface area contributed by atoms with Crippen molar-refractivity contribution in [2.45, 2.75) is 24.8 Å². The first-order valence-electron chi connectivity index (χ1n) is 8.30. The van der Waals surface area contributed by atoms with Crippen molar-refractivity contribution < 1.29 is 23.8 Å². The molecular weight excluding hydrogens is 339 g/mol. The normalized spacial score (nSPS) is 22.0. The Morgan fingerprint density at radius 2 is 2.08 bits per heavy atom. The Bertz CT molecular complexity index is 756. The standard InChI is InChI=1S/C19H21FN2O4/c1-25-13-7-8-14(16(20)9-13)15-10-21-18(23)17(15)22-19(24)26-11-12-5-3-2-4-6-12/h2-9,15,17-18,21,23H,10-11H2,1H3,(H,22,24)/t15-,17-,18?/m0/s1. The largest absolute Gasteiger partial charge is 0.497 e. The minimum atomic E-state index is -0.995. The molecule has 1 amide bonds. The number of ether oxygens (including phenoxy) is 2. The number of alkyl carbamates (subject to hydrolysis) is 1. The number of nitrogens with one attached hydrogen (secondary N) is 2. The zero-order valence-electron chi connectivity index (χ0n) is 14.3. The highest BCUT2D eigenvalue weighted by Gasteiger charge is 2.38. The molecule has 1 aliphatic heterocycles. The van der Waals surface area contributed by atoms with Crippen LogP contribution in [0.25, 0.3) is 0 Å². The van der Waals surface area contributed by atoms with Crippen LogP contribution in [-0.4, -0.2) is 37.1 Å². The highest BCUT2D eigenvalue weighted by atomic mass is 19.1. The Morgan fingerprint density at radius 3 is 2.77 bits per heavy atom. The number of aliphatic hydroxyl groups is 1. The fourth-order valence-electron chi connectivity index (χ4n) is 3.04. The van der Waals surface area contributed by atoms with Crippen LogP contribution in [0.5, 0.6) is 5.75 Å². The Labute approximate surface area is 150 Å². The van der Waals surface area contributed by atoms with Gasteiger partial charge in [-0.3, -0.25) is 5.32 Å². The van der Waals surface area contributed by atoms with Gasteiger partial charge in [-0.1, -0.05) is 36.4 Å². The third-order valence-electron chi connectivity index (χ3n) is 4.42. The van der Waals surface area contributed by atoms with Crippen molar-refractivity contribution in [1.29, 1.82) is 0 Å². The van der Waals surface area contributed by atoms with Crippen molar-refractivity contribution in [3.63, 3.8) is 0 Å². The average molecular weight is 360 g/mol. The molecule has 0 spiro atoms. The molecule has 138 valence electrons. The SMILES string of the molecule is COc1ccc([C@@H]2CNC(O)[C@H]2NC(=O)OCc2ccccc2)c(F)c1. The fourth-order valence-corrected chi connectivity index (χ4v) is 3.04. The summed E-state index contributed by atoms with van der Waals surface area (Å²) in [5.41, 5.74) is 1.24. The summed E-state index contributed by atoms with van der Waals surface area (Å²) in [6.45, 7) is 0.443. The van der Waals surface area contributed by atoms with Crippen molar-refractivity contribution in [1.82, 2.24) is 10.6 Å². The maximum atomic E-state index is 14.4. The number of methoxy groups -OCH3 is 1. The van der Waals surface area contributed by atoms with E-state index < -0.39 is 30.1 Å². The van der Waals surface area contributed by atoms with Crippen LogP contribution in [-0.2, 0) is 11.3 Å². The second kappa shape index (κ2) is 8.16. The number of rotatable bonds is 5. The summed E-state index contributed by atoms with van der Waals surface area (Å²) in [5.74, 6) is -0.473. The lowest BCUT2D eigenvalue weighted by atomic mass is 9.93. The lowest BCUT2D eigenvalue weighted by molar-refractivity contribution is 0.102. The topological polar surface area (TPSA) is 79.8 Å². The lowest BCUT2D eigenvalue weighted by Crippen LogP contribution is -2.45. The lowest BCUT2D eigenvalue weighted by Gasteiger charge is -2.23. The minimum Gasteiger partial charge on any atom is -0.497 e. The van der Waals surface area contributed by atoms with Crippen LogP contribution >= 0.6 is 0 Å². The molecule has 1 heterocycles. The zero-order chi connectivity index (χ0) is 18.5. The first kappa shape index (κ1) is 18.2. The molecule has 3 N–H and O–H groups in total. The van der Waals surface area contributed by atoms with Gasteiger partial charge in [0.05, 0.1) is 13.2 Å². The van der Waals surface area contributed by atoms with E-state index in [2.05, 4.69) is 10.6 Å². The second-order valence-corrected chi connectivity index (χ2v) is 6.08. The van der Waals surface area contributed by atoms with Crippen LogP contribution in [0.15, 0.2) is 48.5 Å². The molecular formula is C19H21FN2O4. The number of benzene rings is 2. The van der Waals surface area contributed by atoms with E-state index in [9.17, 15) is 14.3 Å². The van der Waals surface area contributed by atoms with Gasteiger partial charge in [0.25, 0.3) is 0 Å². The molecule has 1 aliphatic rings. The molecule has 7 heteroatoms. The maximum absolute atomic E-state index is 14.4. The smallest absolute Gasteiger partial charge is 0.407 e. The third kappa shape index (κ3) is 4.12. The van der Waals surface area contributed by atoms with Gasteiger partial charge in [-0.05, 0) is 17.2 Å². The van der Waals surface area contributed by atoms with E-state index in [-0.39, 0.29) is 6.61 Å². The van der Waals surface area contributed by atoms with Crippen molar-refractivity contribution in [2.75, 3.05) is 13.7 Å². The molecule has 0 aromatic heterocycles. The molecule has 26 heavy (non-hydrogen) atoms. The van der Waals surface area contributed by atoms with Crippen molar-refractivity contribution in [3.05, 3.63) is 65.5 Å². The molecule has 1 unspecified atom stereocenters. The van der Waals surface area contributed by atoms with Crippen LogP contribution in [0.1, 0.15) is 17.0 Å². The van der Waals surface area contributed by atoms with Gasteiger partial charge in [-0.2, -0.15) is 0 Å². The zero-order valence-corrected chi connectivity index (χ0v) is 14.3. The molecule has 6 nitrogen and oxygen atoms in total. The third-order valence-corrected chi connectivity index (χ3v) is 4.42. The number of hydrogen-bond acceptors (Lipinski definition) is 5. The average Bonchev–Trinajstić information content (AvgIpc) is 3.01. The first-order valence-corrected chi connectivity index (χ1v) is 8.30. The van der Waals surface area contributed by atoms with Gasteiger partial charge in [0.15, 0.2) is 0 Å². The number of aliphatic hydroxyl groups excluding tert-OH is 1. The minimum absolute atomic E-state index is 0.116. The molecule has 2 aromatic carbocycles. The van der Waals surface area contributed by atoms with Gasteiger partial charge in [0.2, 0.25) is 0 Å². The number of amides is 1. The van der Waals surface area contributed by atoms with Crippen LogP contribution in [0.2, 0.25) is 0 Å². The van der Waals surface area contributed by atoms with Gasteiger partial charge in [-0.15, -0.1) is 0 Å². The Kier molecular flexibility index (Phi) is 5.70. The van der Waals surface area contributed by atoms with Crippen LogP contribution in [0.3, 0.4) is 0 Å². The van der Waals surface area contributed by atoms with E-state index >= 15 is 0 Å². The summed E-state index contributed by atoms with van der Waals surface area (Å²) in [6, 6.07) is 13.1. The summed E-state index contributed by atoms with van der Waals surface area (Å²) in [6.07, 6.45) is -1.66. The summed E-state index contributed by atoms with van der Waals surface area (Å²) in [7, 11) is 1.46. The van der Waals surface area contributed by atoms with Crippen LogP contribution in [0.4, 0.5) is 9.18 Å². The Hall–Kier alpha value is -2.64. The molecule has 0 bridgehead atoms. The van der Waals surface area contributed by atoms with E-state index in [1.54, 1.807) is 12.1 Å². The van der Waals surface area contributed by atoms with E-state index in [4.69, 9.17) is 9.47 Å². The quantitative estimate of drug-likeness (QED) is 0.761. The molecule has 0 saturated carbocycles. The van der Waals surface area contributed by atoms with Crippen molar-refractivity contribution in [2.24, 2.45) is 0 Å². The predicted molar refractivity (Wildman–Crippen MR) is 93.3 cm³/mol. The Morgan fingerprint density at radius 1 is 1.31 bits per heavy atom. The maximum Gasteiger partial charge on any atom is 0.407 e. The number of hydrogen-bond donors (Lipinski definition) is 3. The number of halogens is 1. The van der Waals surface area contributed by atoms with Crippen LogP contribution < -0.4 is 15.4 Å². The van der Waals surface area contributed by atoms with Gasteiger partial charge in [-0.25, -0.2) is 9.18 Å². The van der Waals surface area contributed by atoms with Gasteiger partial charge >= 0.3 is 6.09 Å². The molecule has 1 saturated heterocycles. The van der Waals surface area contributed by atoms with Gasteiger partial charge < -0.3 is 19.9 Å². The second-order valence-electron chi connectivity index (χ2n) is 6.08. The van der Waals surface area contributed by atoms with E-state index in [0.29, 0.717) is 17.9 Å². The molecule has 3 rings (SSSR count). The number of carbonyl (C=O) groups is 1. The number of carbonyl (C=O) groups excluding carboxylic acids is 1. The summed E-state index contributed by atoms with van der Waals surface area (Å²) in [5, 5.41) is 15.6. The first-order chi connectivity index (χ1) is 12.6. The predicted octanol–water partition coefficient (Wildman–Crippen LogP) is 2.13. The summed E-state index contributed by atoms with van der Waals surface area (Å²) >= 11 is 0. The molecule has 3 atom stereocenters. The monoisotopic (exact) mass is 360 g/mol. The van der Waals surface area contributed by atoms with Crippen LogP contribution in [0, 0.1) is 5.82 Å².